The number of carbonyl (C=O) groups excluding carboxylic acids is 2. The lowest BCUT2D eigenvalue weighted by Gasteiger charge is -2.18. The Hall–Kier alpha value is -1.85. The molecule has 0 bridgehead atoms. The van der Waals surface area contributed by atoms with Gasteiger partial charge in [0, 0.05) is 0 Å². The molecule has 0 unspecified atom stereocenters. The number of fused-ring (bicyclic) bond motifs is 1. The Labute approximate surface area is 136 Å². The molecule has 0 saturated carbocycles. The van der Waals surface area contributed by atoms with E-state index in [1.807, 2.05) is 0 Å². The highest BCUT2D eigenvalue weighted by Crippen LogP contribution is 2.32. The number of cyclic esters (lactones) is 1. The van der Waals surface area contributed by atoms with E-state index in [1.165, 1.54) is 16.7 Å². The van der Waals surface area contributed by atoms with Crippen LogP contribution in [0.3, 0.4) is 0 Å². The predicted octanol–water partition coefficient (Wildman–Crippen LogP) is 0.427. The molecule has 124 valence electrons. The number of nitrogens with zero attached hydrogens (tertiary/aromatic N) is 2. The summed E-state index contributed by atoms with van der Waals surface area (Å²) in [7, 11) is -3.61. The Bertz CT molecular complexity index is 766. The van der Waals surface area contributed by atoms with Crippen LogP contribution in [-0.2, 0) is 23.8 Å². The number of amides is 2. The zero-order chi connectivity index (χ0) is 16.6. The lowest BCUT2D eigenvalue weighted by atomic mass is 10.3. The van der Waals surface area contributed by atoms with Crippen molar-refractivity contribution in [1.29, 1.82) is 0 Å². The smallest absolute Gasteiger partial charge is 0.416 e. The third-order valence-electron chi connectivity index (χ3n) is 3.08. The van der Waals surface area contributed by atoms with Crippen LogP contribution in [0.2, 0.25) is 0 Å². The van der Waals surface area contributed by atoms with E-state index in [0.717, 1.165) is 11.2 Å². The summed E-state index contributed by atoms with van der Waals surface area (Å²) in [5.74, 6) is 0.881. The van der Waals surface area contributed by atoms with E-state index >= 15 is 0 Å². The minimum Gasteiger partial charge on any atom is -0.441 e. The maximum Gasteiger partial charge on any atom is 0.416 e. The first kappa shape index (κ1) is 16.0. The second-order valence-electron chi connectivity index (χ2n) is 4.96. The number of carbonyl (C=O) groups is 2. The fourth-order valence-electron chi connectivity index (χ4n) is 2.10. The summed E-state index contributed by atoms with van der Waals surface area (Å²) >= 11 is 1.36. The first-order chi connectivity index (χ1) is 10.8. The molecule has 1 atom stereocenters. The number of nitrogens with one attached hydrogen (secondary N) is 1. The Kier molecular flexibility index (Phi) is 4.17. The first-order valence-corrected chi connectivity index (χ1v) is 9.38. The third-order valence-corrected chi connectivity index (χ3v) is 4.69. The highest BCUT2D eigenvalue weighted by atomic mass is 32.2. The summed E-state index contributed by atoms with van der Waals surface area (Å²) in [6, 6.07) is 3.40. The molecule has 0 aliphatic carbocycles. The average molecular weight is 359 g/mol. The van der Waals surface area contributed by atoms with Crippen molar-refractivity contribution >= 4 is 45.5 Å². The number of ether oxygens (including phenoxy) is 1. The van der Waals surface area contributed by atoms with Crippen molar-refractivity contribution in [3.05, 3.63) is 12.1 Å². The summed E-state index contributed by atoms with van der Waals surface area (Å²) in [5.41, 5.74) is 0. The summed E-state index contributed by atoms with van der Waals surface area (Å²) in [6.07, 6.45) is -0.430. The standard InChI is InChI=1S/C12H13N3O6S2/c1-23(18,19)20-5-7-4-15(12(17)21-7)9-3-2-8-11(13-9)14-10(16)6-22-8/h2-3,7H,4-6H2,1H3,(H,13,14,16)/t7-/m1/s1. The SMILES string of the molecule is CS(=O)(=O)OC[C@H]1CN(c2ccc3c(n2)NC(=O)CS3)C(=O)O1. The molecule has 3 heterocycles. The zero-order valence-electron chi connectivity index (χ0n) is 12.0. The molecule has 0 spiro atoms. The largest absolute Gasteiger partial charge is 0.441 e. The van der Waals surface area contributed by atoms with Crippen molar-refractivity contribution in [2.24, 2.45) is 0 Å². The minimum atomic E-state index is -3.61. The van der Waals surface area contributed by atoms with Crippen LogP contribution >= 0.6 is 11.8 Å². The Morgan fingerprint density at radius 2 is 2.26 bits per heavy atom. The van der Waals surface area contributed by atoms with Crippen LogP contribution in [0.25, 0.3) is 0 Å². The summed E-state index contributed by atoms with van der Waals surface area (Å²) in [4.78, 5) is 29.6. The van der Waals surface area contributed by atoms with Gasteiger partial charge in [0.1, 0.15) is 24.3 Å². The number of hydrogen-bond donors (Lipinski definition) is 1. The van der Waals surface area contributed by atoms with Gasteiger partial charge in [0.2, 0.25) is 5.91 Å². The van der Waals surface area contributed by atoms with Crippen molar-refractivity contribution in [1.82, 2.24) is 4.98 Å². The van der Waals surface area contributed by atoms with Gasteiger partial charge in [0.05, 0.1) is 23.4 Å². The number of anilines is 2. The van der Waals surface area contributed by atoms with Crippen molar-refractivity contribution in [3.63, 3.8) is 0 Å². The van der Waals surface area contributed by atoms with Crippen LogP contribution in [-0.4, -0.2) is 56.7 Å². The van der Waals surface area contributed by atoms with Gasteiger partial charge in [0.25, 0.3) is 10.1 Å². The maximum atomic E-state index is 11.9. The monoisotopic (exact) mass is 359 g/mol. The van der Waals surface area contributed by atoms with Crippen molar-refractivity contribution < 1.29 is 26.9 Å². The molecule has 1 N–H and O–H groups in total. The first-order valence-electron chi connectivity index (χ1n) is 6.58. The van der Waals surface area contributed by atoms with Gasteiger partial charge in [-0.2, -0.15) is 8.42 Å². The van der Waals surface area contributed by atoms with Crippen LogP contribution in [0, 0.1) is 0 Å². The van der Waals surface area contributed by atoms with Crippen LogP contribution < -0.4 is 10.2 Å². The van der Waals surface area contributed by atoms with Crippen molar-refractivity contribution in [2.45, 2.75) is 11.0 Å². The van der Waals surface area contributed by atoms with Crippen LogP contribution in [0.5, 0.6) is 0 Å². The van der Waals surface area contributed by atoms with Gasteiger partial charge < -0.3 is 10.1 Å². The summed E-state index contributed by atoms with van der Waals surface area (Å²) in [6.45, 7) is -0.139. The molecule has 23 heavy (non-hydrogen) atoms. The molecule has 2 amide bonds. The lowest BCUT2D eigenvalue weighted by molar-refractivity contribution is -0.113. The van der Waals surface area contributed by atoms with Crippen molar-refractivity contribution in [3.8, 4) is 0 Å². The van der Waals surface area contributed by atoms with E-state index in [4.69, 9.17) is 4.74 Å². The molecule has 1 aromatic rings. The van der Waals surface area contributed by atoms with E-state index in [0.29, 0.717) is 17.4 Å². The van der Waals surface area contributed by atoms with E-state index in [1.54, 1.807) is 12.1 Å². The van der Waals surface area contributed by atoms with Crippen LogP contribution in [0.1, 0.15) is 0 Å². The molecule has 2 aliphatic heterocycles. The molecule has 11 heteroatoms. The molecule has 3 rings (SSSR count). The predicted molar refractivity (Wildman–Crippen MR) is 82.0 cm³/mol. The minimum absolute atomic E-state index is 0.112. The molecule has 9 nitrogen and oxygen atoms in total. The Balaban J connectivity index is 1.73. The number of aromatic nitrogens is 1. The average Bonchev–Trinajstić information content (AvgIpc) is 2.85. The number of rotatable bonds is 4. The van der Waals surface area contributed by atoms with E-state index in [9.17, 15) is 18.0 Å². The van der Waals surface area contributed by atoms with Gasteiger partial charge in [-0.3, -0.25) is 13.9 Å². The second-order valence-corrected chi connectivity index (χ2v) is 7.62. The van der Waals surface area contributed by atoms with Crippen LogP contribution in [0.4, 0.5) is 16.4 Å². The molecule has 1 fully saturated rings. The molecule has 0 aromatic carbocycles. The van der Waals surface area contributed by atoms with Crippen LogP contribution in [0.15, 0.2) is 17.0 Å². The van der Waals surface area contributed by atoms with E-state index in [-0.39, 0.29) is 19.1 Å². The Morgan fingerprint density at radius 3 is 3.00 bits per heavy atom. The van der Waals surface area contributed by atoms with E-state index in [2.05, 4.69) is 14.5 Å². The fraction of sp³-hybridized carbons (Fsp3) is 0.417. The highest BCUT2D eigenvalue weighted by molar-refractivity contribution is 8.00. The quantitative estimate of drug-likeness (QED) is 0.770. The van der Waals surface area contributed by atoms with E-state index < -0.39 is 22.3 Å². The number of hydrogen-bond acceptors (Lipinski definition) is 8. The highest BCUT2D eigenvalue weighted by Gasteiger charge is 2.34. The molecular formula is C12H13N3O6S2. The number of thioether (sulfide) groups is 1. The topological polar surface area (TPSA) is 115 Å². The lowest BCUT2D eigenvalue weighted by Crippen LogP contribution is -2.28. The molecule has 2 aliphatic rings. The molecule has 1 saturated heterocycles. The summed E-state index contributed by atoms with van der Waals surface area (Å²) in [5, 5.41) is 2.64. The summed E-state index contributed by atoms with van der Waals surface area (Å²) < 4.78 is 31.7. The van der Waals surface area contributed by atoms with Gasteiger partial charge >= 0.3 is 6.09 Å². The van der Waals surface area contributed by atoms with Gasteiger partial charge in [-0.15, -0.1) is 11.8 Å². The molecule has 1 aromatic heterocycles. The zero-order valence-corrected chi connectivity index (χ0v) is 13.6. The van der Waals surface area contributed by atoms with Gasteiger partial charge in [-0.05, 0) is 12.1 Å². The van der Waals surface area contributed by atoms with Crippen molar-refractivity contribution in [2.75, 3.05) is 35.4 Å². The van der Waals surface area contributed by atoms with Gasteiger partial charge in [-0.25, -0.2) is 9.78 Å². The third kappa shape index (κ3) is 3.74. The molecular weight excluding hydrogens is 346 g/mol. The number of pyridine rings is 1. The fourth-order valence-corrected chi connectivity index (χ4v) is 3.25. The van der Waals surface area contributed by atoms with Gasteiger partial charge in [-0.1, -0.05) is 0 Å². The molecule has 0 radical (unpaired) electrons. The van der Waals surface area contributed by atoms with Gasteiger partial charge in [0.15, 0.2) is 0 Å². The Morgan fingerprint density at radius 1 is 1.48 bits per heavy atom. The normalized spacial score (nSPS) is 20.9. The second kappa shape index (κ2) is 5.98. The maximum absolute atomic E-state index is 11.9.